The number of hydrogen-bond donors (Lipinski definition) is 0. The summed E-state index contributed by atoms with van der Waals surface area (Å²) in [7, 11) is 0. The number of piperidine rings is 1. The first-order valence-corrected chi connectivity index (χ1v) is 7.65. The fourth-order valence-electron chi connectivity index (χ4n) is 2.73. The molecule has 22 heavy (non-hydrogen) atoms. The number of hydrogen-bond acceptors (Lipinski definition) is 3. The van der Waals surface area contributed by atoms with Crippen molar-refractivity contribution >= 4 is 11.7 Å². The van der Waals surface area contributed by atoms with E-state index in [-0.39, 0.29) is 11.7 Å². The molecule has 1 aliphatic heterocycles. The van der Waals surface area contributed by atoms with Gasteiger partial charge in [-0.2, -0.15) is 0 Å². The number of ketones is 1. The van der Waals surface area contributed by atoms with E-state index in [0.717, 1.165) is 31.5 Å². The van der Waals surface area contributed by atoms with Crippen LogP contribution in [-0.4, -0.2) is 29.7 Å². The molecule has 1 aliphatic rings. The summed E-state index contributed by atoms with van der Waals surface area (Å²) in [5.41, 5.74) is 1.53. The lowest BCUT2D eigenvalue weighted by Crippen LogP contribution is -2.35. The van der Waals surface area contributed by atoms with Gasteiger partial charge >= 0.3 is 0 Å². The lowest BCUT2D eigenvalue weighted by molar-refractivity contribution is 0.0693. The molecule has 2 aromatic rings. The predicted octanol–water partition coefficient (Wildman–Crippen LogP) is 3.78. The van der Waals surface area contributed by atoms with Crippen molar-refractivity contribution < 1.29 is 14.0 Å². The van der Waals surface area contributed by atoms with Crippen LogP contribution in [0.25, 0.3) is 11.3 Å². The summed E-state index contributed by atoms with van der Waals surface area (Å²) >= 11 is 0. The third-order valence-corrected chi connectivity index (χ3v) is 4.04. The third kappa shape index (κ3) is 2.96. The van der Waals surface area contributed by atoms with Crippen LogP contribution in [-0.2, 0) is 0 Å². The molecular formula is C18H19NO3. The highest BCUT2D eigenvalue weighted by atomic mass is 16.4. The topological polar surface area (TPSA) is 50.5 Å². The Hall–Kier alpha value is -2.36. The van der Waals surface area contributed by atoms with E-state index in [9.17, 15) is 9.59 Å². The molecule has 4 nitrogen and oxygen atoms in total. The van der Waals surface area contributed by atoms with Gasteiger partial charge in [-0.1, -0.05) is 24.3 Å². The molecule has 0 bridgehead atoms. The van der Waals surface area contributed by atoms with Gasteiger partial charge in [0.05, 0.1) is 0 Å². The van der Waals surface area contributed by atoms with Crippen LogP contribution in [0.2, 0.25) is 0 Å². The molecule has 2 heterocycles. The van der Waals surface area contributed by atoms with Gasteiger partial charge in [-0.3, -0.25) is 9.59 Å². The summed E-state index contributed by atoms with van der Waals surface area (Å²) in [6.45, 7) is 3.15. The van der Waals surface area contributed by atoms with E-state index in [2.05, 4.69) is 0 Å². The fraction of sp³-hybridized carbons (Fsp3) is 0.333. The van der Waals surface area contributed by atoms with Gasteiger partial charge in [0.2, 0.25) is 0 Å². The van der Waals surface area contributed by atoms with Crippen LogP contribution < -0.4 is 0 Å². The Labute approximate surface area is 129 Å². The Bertz CT molecular complexity index is 679. The largest absolute Gasteiger partial charge is 0.451 e. The minimum atomic E-state index is -0.0358. The molecule has 0 unspecified atom stereocenters. The normalized spacial score (nSPS) is 14.9. The van der Waals surface area contributed by atoms with Crippen LogP contribution in [0.5, 0.6) is 0 Å². The lowest BCUT2D eigenvalue weighted by atomic mass is 10.1. The van der Waals surface area contributed by atoms with E-state index in [1.807, 2.05) is 17.0 Å². The number of nitrogens with zero attached hydrogens (tertiary/aromatic N) is 1. The SMILES string of the molecule is CC(=O)c1ccc(-c2ccc(C(=O)N3CCCCC3)o2)cc1. The van der Waals surface area contributed by atoms with Crippen molar-refractivity contribution in [3.05, 3.63) is 47.7 Å². The third-order valence-electron chi connectivity index (χ3n) is 4.04. The molecule has 1 saturated heterocycles. The van der Waals surface area contributed by atoms with Crippen molar-refractivity contribution in [3.63, 3.8) is 0 Å². The Morgan fingerprint density at radius 3 is 2.27 bits per heavy atom. The molecule has 0 atom stereocenters. The van der Waals surface area contributed by atoms with Crippen molar-refractivity contribution in [2.45, 2.75) is 26.2 Å². The number of furan rings is 1. The van der Waals surface area contributed by atoms with E-state index in [1.165, 1.54) is 13.3 Å². The summed E-state index contributed by atoms with van der Waals surface area (Å²) in [6, 6.07) is 10.7. The first kappa shape index (κ1) is 14.6. The quantitative estimate of drug-likeness (QED) is 0.810. The molecule has 0 aliphatic carbocycles. The number of likely N-dealkylation sites (tertiary alicyclic amines) is 1. The number of benzene rings is 1. The number of carbonyl (C=O) groups excluding carboxylic acids is 2. The van der Waals surface area contributed by atoms with Crippen molar-refractivity contribution in [1.82, 2.24) is 4.90 Å². The zero-order valence-corrected chi connectivity index (χ0v) is 12.7. The van der Waals surface area contributed by atoms with Crippen LogP contribution >= 0.6 is 0 Å². The van der Waals surface area contributed by atoms with Crippen molar-refractivity contribution in [2.24, 2.45) is 0 Å². The molecule has 1 amide bonds. The second-order valence-electron chi connectivity index (χ2n) is 5.65. The van der Waals surface area contributed by atoms with E-state index in [4.69, 9.17) is 4.42 Å². The van der Waals surface area contributed by atoms with Gasteiger partial charge in [0.15, 0.2) is 11.5 Å². The van der Waals surface area contributed by atoms with Crippen LogP contribution in [0.15, 0.2) is 40.8 Å². The standard InChI is InChI=1S/C18H19NO3/c1-13(20)14-5-7-15(8-6-14)16-9-10-17(22-16)18(21)19-11-3-2-4-12-19/h5-10H,2-4,11-12H2,1H3. The maximum atomic E-state index is 12.4. The zero-order valence-electron chi connectivity index (χ0n) is 12.7. The van der Waals surface area contributed by atoms with Crippen LogP contribution in [0.4, 0.5) is 0 Å². The Morgan fingerprint density at radius 2 is 1.64 bits per heavy atom. The Kier molecular flexibility index (Phi) is 4.09. The van der Waals surface area contributed by atoms with Gasteiger partial charge in [0.1, 0.15) is 5.76 Å². The molecule has 0 spiro atoms. The summed E-state index contributed by atoms with van der Waals surface area (Å²) in [4.78, 5) is 25.5. The van der Waals surface area contributed by atoms with Gasteiger partial charge < -0.3 is 9.32 Å². The van der Waals surface area contributed by atoms with E-state index < -0.39 is 0 Å². The van der Waals surface area contributed by atoms with Crippen LogP contribution in [0.3, 0.4) is 0 Å². The summed E-state index contributed by atoms with van der Waals surface area (Å²) < 4.78 is 5.71. The highest BCUT2D eigenvalue weighted by Gasteiger charge is 2.21. The summed E-state index contributed by atoms with van der Waals surface area (Å²) in [5, 5.41) is 0. The average Bonchev–Trinajstić information content (AvgIpc) is 3.05. The van der Waals surface area contributed by atoms with Gasteiger partial charge in [0.25, 0.3) is 5.91 Å². The molecule has 4 heteroatoms. The lowest BCUT2D eigenvalue weighted by Gasteiger charge is -2.25. The van der Waals surface area contributed by atoms with E-state index >= 15 is 0 Å². The number of rotatable bonds is 3. The number of carbonyl (C=O) groups is 2. The minimum absolute atomic E-state index is 0.0342. The predicted molar refractivity (Wildman–Crippen MR) is 83.9 cm³/mol. The first-order valence-electron chi connectivity index (χ1n) is 7.65. The van der Waals surface area contributed by atoms with Gasteiger partial charge in [-0.05, 0) is 38.3 Å². The van der Waals surface area contributed by atoms with Crippen molar-refractivity contribution in [3.8, 4) is 11.3 Å². The highest BCUT2D eigenvalue weighted by Crippen LogP contribution is 2.24. The van der Waals surface area contributed by atoms with Crippen LogP contribution in [0, 0.1) is 0 Å². The highest BCUT2D eigenvalue weighted by molar-refractivity contribution is 5.94. The second kappa shape index (κ2) is 6.18. The zero-order chi connectivity index (χ0) is 15.5. The number of amides is 1. The van der Waals surface area contributed by atoms with Gasteiger partial charge in [0, 0.05) is 24.2 Å². The van der Waals surface area contributed by atoms with Crippen LogP contribution in [0.1, 0.15) is 47.1 Å². The molecule has 1 fully saturated rings. The molecule has 0 N–H and O–H groups in total. The van der Waals surface area contributed by atoms with Gasteiger partial charge in [-0.25, -0.2) is 0 Å². The maximum absolute atomic E-state index is 12.4. The Balaban J connectivity index is 1.78. The molecule has 3 rings (SSSR count). The molecular weight excluding hydrogens is 278 g/mol. The maximum Gasteiger partial charge on any atom is 0.289 e. The summed E-state index contributed by atoms with van der Waals surface area (Å²) in [5.74, 6) is 1.03. The first-order chi connectivity index (χ1) is 10.6. The fourth-order valence-corrected chi connectivity index (χ4v) is 2.73. The monoisotopic (exact) mass is 297 g/mol. The Morgan fingerprint density at radius 1 is 0.955 bits per heavy atom. The molecule has 1 aromatic carbocycles. The minimum Gasteiger partial charge on any atom is -0.451 e. The van der Waals surface area contributed by atoms with Gasteiger partial charge in [-0.15, -0.1) is 0 Å². The van der Waals surface area contributed by atoms with E-state index in [0.29, 0.717) is 17.1 Å². The smallest absolute Gasteiger partial charge is 0.289 e. The molecule has 0 saturated carbocycles. The molecule has 0 radical (unpaired) electrons. The number of Topliss-reactive ketones (excluding diaryl/α,β-unsaturated/α-hetero) is 1. The molecule has 1 aromatic heterocycles. The van der Waals surface area contributed by atoms with Crippen molar-refractivity contribution in [2.75, 3.05) is 13.1 Å². The van der Waals surface area contributed by atoms with E-state index in [1.54, 1.807) is 24.3 Å². The summed E-state index contributed by atoms with van der Waals surface area (Å²) in [6.07, 6.45) is 3.31. The average molecular weight is 297 g/mol. The second-order valence-corrected chi connectivity index (χ2v) is 5.65. The molecule has 114 valence electrons. The van der Waals surface area contributed by atoms with Crippen molar-refractivity contribution in [1.29, 1.82) is 0 Å².